The predicted molar refractivity (Wildman–Crippen MR) is 269 cm³/mol. The van der Waals surface area contributed by atoms with Crippen LogP contribution in [0.1, 0.15) is 296 Å². The van der Waals surface area contributed by atoms with Gasteiger partial charge in [-0.2, -0.15) is 0 Å². The van der Waals surface area contributed by atoms with Gasteiger partial charge in [-0.25, -0.2) is 0 Å². The highest BCUT2D eigenvalue weighted by Crippen LogP contribution is 2.16. The molecule has 0 saturated heterocycles. The normalized spacial score (nSPS) is 12.8. The fourth-order valence-corrected chi connectivity index (χ4v) is 8.45. The molecule has 2 unspecified atom stereocenters. The summed E-state index contributed by atoms with van der Waals surface area (Å²) in [5.74, 6) is -0.0799. The van der Waals surface area contributed by atoms with E-state index in [9.17, 15) is 19.8 Å². The maximum absolute atomic E-state index is 12.4. The molecular weight excluding hydrogens is 767 g/mol. The minimum Gasteiger partial charge on any atom is -0.466 e. The molecule has 0 aliphatic heterocycles. The van der Waals surface area contributed by atoms with Gasteiger partial charge in [-0.15, -0.1) is 0 Å². The van der Waals surface area contributed by atoms with E-state index in [1.807, 2.05) is 6.08 Å². The lowest BCUT2D eigenvalue weighted by molar-refractivity contribution is -0.143. The molecule has 1 amide bonds. The highest BCUT2D eigenvalue weighted by atomic mass is 16.5. The fourth-order valence-electron chi connectivity index (χ4n) is 8.45. The summed E-state index contributed by atoms with van der Waals surface area (Å²) in [6, 6.07) is -0.635. The topological polar surface area (TPSA) is 95.9 Å². The molecule has 0 bridgehead atoms. The number of carbonyl (C=O) groups is 2. The molecule has 0 aliphatic rings. The standard InChI is InChI=1S/C56H107NO5/c1-3-5-7-9-11-13-15-17-21-26-30-34-38-42-46-50-56(61)62-51-47-43-39-35-31-27-23-20-18-19-22-25-29-33-37-41-45-49-55(60)57-53(52-58)54(59)48-44-40-36-32-28-24-16-14-12-10-8-6-4-2/h18,20,44,48,53-54,58-59H,3-17,19,21-43,45-47,49-52H2,1-2H3,(H,57,60)/b20-18-,48-44+. The van der Waals surface area contributed by atoms with Crippen molar-refractivity contribution >= 4 is 11.9 Å². The SMILES string of the molecule is CCCCCCCCCCCCC/C=C/C(O)C(CO)NC(=O)CCCCCCCCC/C=C\CCCCCCCCOC(=O)CCCCCCCCCCCCCCCCC. The Morgan fingerprint density at radius 2 is 0.758 bits per heavy atom. The minimum atomic E-state index is -0.851. The Bertz CT molecular complexity index is 966. The Kier molecular flexibility index (Phi) is 50.6. The van der Waals surface area contributed by atoms with E-state index in [-0.39, 0.29) is 18.5 Å². The van der Waals surface area contributed by atoms with Crippen molar-refractivity contribution in [3.05, 3.63) is 24.3 Å². The van der Waals surface area contributed by atoms with Crippen LogP contribution in [0, 0.1) is 0 Å². The van der Waals surface area contributed by atoms with E-state index in [1.165, 1.54) is 212 Å². The first-order valence-corrected chi connectivity index (χ1v) is 27.6. The summed E-state index contributed by atoms with van der Waals surface area (Å²) in [7, 11) is 0. The van der Waals surface area contributed by atoms with E-state index >= 15 is 0 Å². The van der Waals surface area contributed by atoms with Crippen molar-refractivity contribution in [3.8, 4) is 0 Å². The van der Waals surface area contributed by atoms with Crippen molar-refractivity contribution in [3.63, 3.8) is 0 Å². The molecule has 2 atom stereocenters. The second-order valence-corrected chi connectivity index (χ2v) is 18.9. The third-order valence-corrected chi connectivity index (χ3v) is 12.7. The molecule has 0 aromatic carbocycles. The molecule has 0 aromatic rings. The molecule has 0 aliphatic carbocycles. The molecule has 366 valence electrons. The van der Waals surface area contributed by atoms with Crippen LogP contribution in [0.4, 0.5) is 0 Å². The van der Waals surface area contributed by atoms with Crippen molar-refractivity contribution in [2.24, 2.45) is 0 Å². The molecule has 0 fully saturated rings. The molecule has 6 nitrogen and oxygen atoms in total. The molecule has 6 heteroatoms. The highest BCUT2D eigenvalue weighted by molar-refractivity contribution is 5.76. The number of ether oxygens (including phenoxy) is 1. The number of allylic oxidation sites excluding steroid dienone is 3. The third kappa shape index (κ3) is 47.8. The number of aliphatic hydroxyl groups excluding tert-OH is 2. The summed E-state index contributed by atoms with van der Waals surface area (Å²) in [5, 5.41) is 23.0. The van der Waals surface area contributed by atoms with E-state index in [4.69, 9.17) is 4.74 Å². The first-order valence-electron chi connectivity index (χ1n) is 27.6. The molecule has 0 spiro atoms. The van der Waals surface area contributed by atoms with Crippen molar-refractivity contribution in [2.75, 3.05) is 13.2 Å². The summed E-state index contributed by atoms with van der Waals surface area (Å²) in [4.78, 5) is 24.5. The number of unbranched alkanes of at least 4 members (excludes halogenated alkanes) is 38. The number of rotatable bonds is 51. The van der Waals surface area contributed by atoms with Gasteiger partial charge in [0.15, 0.2) is 0 Å². The van der Waals surface area contributed by atoms with Gasteiger partial charge in [0.05, 0.1) is 25.4 Å². The lowest BCUT2D eigenvalue weighted by Gasteiger charge is -2.20. The van der Waals surface area contributed by atoms with Gasteiger partial charge < -0.3 is 20.3 Å². The van der Waals surface area contributed by atoms with E-state index < -0.39 is 12.1 Å². The Morgan fingerprint density at radius 1 is 0.435 bits per heavy atom. The average Bonchev–Trinajstić information content (AvgIpc) is 3.27. The lowest BCUT2D eigenvalue weighted by atomic mass is 10.0. The van der Waals surface area contributed by atoms with Crippen LogP contribution in [-0.4, -0.2) is 47.4 Å². The van der Waals surface area contributed by atoms with E-state index in [0.29, 0.717) is 19.4 Å². The Balaban J connectivity index is 3.46. The van der Waals surface area contributed by atoms with Gasteiger partial charge in [0.1, 0.15) is 0 Å². The van der Waals surface area contributed by atoms with Crippen LogP contribution in [-0.2, 0) is 14.3 Å². The lowest BCUT2D eigenvalue weighted by Crippen LogP contribution is -2.45. The first-order chi connectivity index (χ1) is 30.5. The zero-order chi connectivity index (χ0) is 45.1. The summed E-state index contributed by atoms with van der Waals surface area (Å²) in [5.41, 5.74) is 0. The molecule has 3 N–H and O–H groups in total. The van der Waals surface area contributed by atoms with Crippen LogP contribution in [0.3, 0.4) is 0 Å². The number of esters is 1. The molecule has 0 rings (SSSR count). The van der Waals surface area contributed by atoms with E-state index in [1.54, 1.807) is 6.08 Å². The molecule has 0 saturated carbocycles. The van der Waals surface area contributed by atoms with Crippen LogP contribution in [0.2, 0.25) is 0 Å². The zero-order valence-electron chi connectivity index (χ0n) is 41.6. The van der Waals surface area contributed by atoms with Gasteiger partial charge in [0.25, 0.3) is 0 Å². The molecule has 62 heavy (non-hydrogen) atoms. The van der Waals surface area contributed by atoms with Gasteiger partial charge >= 0.3 is 5.97 Å². The zero-order valence-corrected chi connectivity index (χ0v) is 41.6. The molecular formula is C56H107NO5. The number of aliphatic hydroxyl groups is 2. The van der Waals surface area contributed by atoms with Crippen molar-refractivity contribution < 1.29 is 24.5 Å². The Hall–Kier alpha value is -1.66. The quantitative estimate of drug-likeness (QED) is 0.0321. The minimum absolute atomic E-state index is 0.0000106. The molecule has 0 heterocycles. The number of hydrogen-bond donors (Lipinski definition) is 3. The molecule has 0 aromatic heterocycles. The molecule has 0 radical (unpaired) electrons. The van der Waals surface area contributed by atoms with Crippen LogP contribution in [0.5, 0.6) is 0 Å². The second kappa shape index (κ2) is 52.0. The van der Waals surface area contributed by atoms with Crippen molar-refractivity contribution in [1.82, 2.24) is 5.32 Å². The van der Waals surface area contributed by atoms with Gasteiger partial charge in [0.2, 0.25) is 5.91 Å². The summed E-state index contributed by atoms with van der Waals surface area (Å²) in [6.07, 6.45) is 61.9. The predicted octanol–water partition coefficient (Wildman–Crippen LogP) is 16.7. The third-order valence-electron chi connectivity index (χ3n) is 12.7. The second-order valence-electron chi connectivity index (χ2n) is 18.9. The summed E-state index contributed by atoms with van der Waals surface area (Å²) < 4.78 is 5.47. The number of nitrogens with one attached hydrogen (secondary N) is 1. The van der Waals surface area contributed by atoms with Crippen LogP contribution in [0.15, 0.2) is 24.3 Å². The smallest absolute Gasteiger partial charge is 0.305 e. The number of carbonyl (C=O) groups excluding carboxylic acids is 2. The van der Waals surface area contributed by atoms with Crippen molar-refractivity contribution in [2.45, 2.75) is 309 Å². The van der Waals surface area contributed by atoms with Crippen LogP contribution < -0.4 is 5.32 Å². The van der Waals surface area contributed by atoms with E-state index in [2.05, 4.69) is 31.3 Å². The summed E-state index contributed by atoms with van der Waals surface area (Å²) >= 11 is 0. The Labute approximate surface area is 386 Å². The average molecular weight is 874 g/mol. The van der Waals surface area contributed by atoms with E-state index in [0.717, 1.165) is 57.8 Å². The fraction of sp³-hybridized carbons (Fsp3) is 0.893. The number of amides is 1. The maximum Gasteiger partial charge on any atom is 0.305 e. The van der Waals surface area contributed by atoms with Crippen molar-refractivity contribution in [1.29, 1.82) is 0 Å². The maximum atomic E-state index is 12.4. The summed E-state index contributed by atoms with van der Waals surface area (Å²) in [6.45, 7) is 4.89. The number of hydrogen-bond acceptors (Lipinski definition) is 5. The monoisotopic (exact) mass is 874 g/mol. The van der Waals surface area contributed by atoms with Gasteiger partial charge in [0, 0.05) is 12.8 Å². The van der Waals surface area contributed by atoms with Crippen LogP contribution in [0.25, 0.3) is 0 Å². The van der Waals surface area contributed by atoms with Crippen LogP contribution >= 0.6 is 0 Å². The largest absolute Gasteiger partial charge is 0.466 e. The van der Waals surface area contributed by atoms with Gasteiger partial charge in [-0.05, 0) is 57.8 Å². The first kappa shape index (κ1) is 60.3. The Morgan fingerprint density at radius 3 is 1.15 bits per heavy atom. The van der Waals surface area contributed by atoms with Gasteiger partial charge in [-0.3, -0.25) is 9.59 Å². The highest BCUT2D eigenvalue weighted by Gasteiger charge is 2.18. The van der Waals surface area contributed by atoms with Gasteiger partial charge in [-0.1, -0.05) is 250 Å².